The number of benzene rings is 1. The fraction of sp³-hybridized carbons (Fsp3) is 0.611. The molecule has 21 heavy (non-hydrogen) atoms. The molecule has 1 saturated carbocycles. The Hall–Kier alpha value is -1.35. The van der Waals surface area contributed by atoms with Crippen LogP contribution in [-0.2, 0) is 16.0 Å². The van der Waals surface area contributed by atoms with Crippen LogP contribution < -0.4 is 5.73 Å². The van der Waals surface area contributed by atoms with E-state index in [1.807, 2.05) is 6.07 Å². The summed E-state index contributed by atoms with van der Waals surface area (Å²) < 4.78 is 5.03. The van der Waals surface area contributed by atoms with Gasteiger partial charge in [0.25, 0.3) is 0 Å². The van der Waals surface area contributed by atoms with Gasteiger partial charge >= 0.3 is 5.97 Å². The minimum atomic E-state index is -0.452. The number of hydrogen-bond acceptors (Lipinski definition) is 3. The summed E-state index contributed by atoms with van der Waals surface area (Å²) >= 11 is 0. The first kappa shape index (κ1) is 16.0. The minimum absolute atomic E-state index is 0.114. The van der Waals surface area contributed by atoms with Crippen molar-refractivity contribution in [2.45, 2.75) is 44.9 Å². The summed E-state index contributed by atoms with van der Waals surface area (Å²) in [6, 6.07) is 10.5. The highest BCUT2D eigenvalue weighted by atomic mass is 16.5. The van der Waals surface area contributed by atoms with Gasteiger partial charge in [-0.05, 0) is 37.2 Å². The predicted molar refractivity (Wildman–Crippen MR) is 84.8 cm³/mol. The van der Waals surface area contributed by atoms with Gasteiger partial charge in [0.1, 0.15) is 0 Å². The van der Waals surface area contributed by atoms with Crippen LogP contribution in [0.2, 0.25) is 0 Å². The molecule has 0 amide bonds. The van der Waals surface area contributed by atoms with E-state index in [9.17, 15) is 4.79 Å². The van der Waals surface area contributed by atoms with E-state index in [4.69, 9.17) is 10.5 Å². The fourth-order valence-corrected chi connectivity index (χ4v) is 3.08. The summed E-state index contributed by atoms with van der Waals surface area (Å²) in [4.78, 5) is 12.2. The first-order valence-corrected chi connectivity index (χ1v) is 8.02. The van der Waals surface area contributed by atoms with Gasteiger partial charge < -0.3 is 10.5 Å². The Morgan fingerprint density at radius 2 is 2.00 bits per heavy atom. The van der Waals surface area contributed by atoms with Crippen molar-refractivity contribution in [1.82, 2.24) is 0 Å². The second-order valence-electron chi connectivity index (χ2n) is 6.32. The number of carbonyl (C=O) groups is 1. The zero-order valence-corrected chi connectivity index (χ0v) is 13.0. The van der Waals surface area contributed by atoms with Crippen molar-refractivity contribution in [3.8, 4) is 0 Å². The Bertz CT molecular complexity index is 442. The number of esters is 1. The van der Waals surface area contributed by atoms with E-state index < -0.39 is 5.41 Å². The SMILES string of the molecule is COC(=O)C(CN)(CCCCc1ccccc1)CC1CC1. The van der Waals surface area contributed by atoms with Gasteiger partial charge in [-0.15, -0.1) is 0 Å². The quantitative estimate of drug-likeness (QED) is 0.560. The molecule has 1 atom stereocenters. The normalized spacial score (nSPS) is 17.2. The fourth-order valence-electron chi connectivity index (χ4n) is 3.08. The van der Waals surface area contributed by atoms with Crippen LogP contribution in [0.4, 0.5) is 0 Å². The van der Waals surface area contributed by atoms with Crippen LogP contribution in [0.25, 0.3) is 0 Å². The van der Waals surface area contributed by atoms with E-state index in [1.54, 1.807) is 0 Å². The number of methoxy groups -OCH3 is 1. The third-order valence-corrected chi connectivity index (χ3v) is 4.60. The summed E-state index contributed by atoms with van der Waals surface area (Å²) in [7, 11) is 1.48. The monoisotopic (exact) mass is 289 g/mol. The molecule has 1 aliphatic carbocycles. The Morgan fingerprint density at radius 3 is 2.57 bits per heavy atom. The molecule has 1 aliphatic rings. The van der Waals surface area contributed by atoms with Gasteiger partial charge in [-0.25, -0.2) is 0 Å². The van der Waals surface area contributed by atoms with Gasteiger partial charge in [0.05, 0.1) is 12.5 Å². The molecule has 0 spiro atoms. The number of hydrogen-bond donors (Lipinski definition) is 1. The van der Waals surface area contributed by atoms with Crippen LogP contribution in [0, 0.1) is 11.3 Å². The van der Waals surface area contributed by atoms with Crippen molar-refractivity contribution < 1.29 is 9.53 Å². The van der Waals surface area contributed by atoms with Crippen molar-refractivity contribution >= 4 is 5.97 Å². The Kier molecular flexibility index (Phi) is 5.80. The highest BCUT2D eigenvalue weighted by Gasteiger charge is 2.42. The number of aryl methyl sites for hydroxylation is 1. The van der Waals surface area contributed by atoms with Gasteiger partial charge in [0.2, 0.25) is 0 Å². The summed E-state index contributed by atoms with van der Waals surface area (Å²) in [5.74, 6) is 0.568. The third kappa shape index (κ3) is 4.57. The molecular weight excluding hydrogens is 262 g/mol. The summed E-state index contributed by atoms with van der Waals surface area (Å²) in [6.07, 6.45) is 7.40. The zero-order valence-electron chi connectivity index (χ0n) is 13.0. The summed E-state index contributed by atoms with van der Waals surface area (Å²) in [6.45, 7) is 0.404. The lowest BCUT2D eigenvalue weighted by molar-refractivity contribution is -0.153. The lowest BCUT2D eigenvalue weighted by Crippen LogP contribution is -2.40. The maximum absolute atomic E-state index is 12.2. The van der Waals surface area contributed by atoms with Crippen LogP contribution >= 0.6 is 0 Å². The third-order valence-electron chi connectivity index (χ3n) is 4.60. The number of nitrogens with two attached hydrogens (primary N) is 1. The second-order valence-corrected chi connectivity index (χ2v) is 6.32. The molecule has 2 rings (SSSR count). The first-order valence-electron chi connectivity index (χ1n) is 8.02. The van der Waals surface area contributed by atoms with Crippen molar-refractivity contribution in [2.24, 2.45) is 17.1 Å². The van der Waals surface area contributed by atoms with Gasteiger partial charge in [0, 0.05) is 6.54 Å². The van der Waals surface area contributed by atoms with Gasteiger partial charge in [-0.3, -0.25) is 4.79 Å². The highest BCUT2D eigenvalue weighted by molar-refractivity contribution is 5.77. The number of carbonyl (C=O) groups excluding carboxylic acids is 1. The average molecular weight is 289 g/mol. The molecule has 1 fully saturated rings. The molecule has 0 bridgehead atoms. The van der Waals surface area contributed by atoms with Crippen molar-refractivity contribution in [3.05, 3.63) is 35.9 Å². The van der Waals surface area contributed by atoms with E-state index in [2.05, 4.69) is 24.3 Å². The van der Waals surface area contributed by atoms with Crippen LogP contribution in [0.1, 0.15) is 44.1 Å². The molecule has 3 nitrogen and oxygen atoms in total. The minimum Gasteiger partial charge on any atom is -0.469 e. The van der Waals surface area contributed by atoms with E-state index in [0.717, 1.165) is 32.1 Å². The van der Waals surface area contributed by atoms with Gasteiger partial charge in [-0.2, -0.15) is 0 Å². The van der Waals surface area contributed by atoms with E-state index in [1.165, 1.54) is 25.5 Å². The molecular formula is C18H27NO2. The Morgan fingerprint density at radius 1 is 1.29 bits per heavy atom. The second kappa shape index (κ2) is 7.60. The van der Waals surface area contributed by atoms with Gasteiger partial charge in [0.15, 0.2) is 0 Å². The van der Waals surface area contributed by atoms with Crippen molar-refractivity contribution in [2.75, 3.05) is 13.7 Å². The molecule has 1 aromatic carbocycles. The molecule has 0 aliphatic heterocycles. The molecule has 0 saturated heterocycles. The van der Waals surface area contributed by atoms with Crippen molar-refractivity contribution in [3.63, 3.8) is 0 Å². The zero-order chi connectivity index (χ0) is 15.1. The predicted octanol–water partition coefficient (Wildman–Crippen LogP) is 3.32. The van der Waals surface area contributed by atoms with Gasteiger partial charge in [-0.1, -0.05) is 49.6 Å². The van der Waals surface area contributed by atoms with Crippen LogP contribution in [0.15, 0.2) is 30.3 Å². The maximum Gasteiger partial charge on any atom is 0.313 e. The lowest BCUT2D eigenvalue weighted by Gasteiger charge is -2.29. The molecule has 0 heterocycles. The average Bonchev–Trinajstić information content (AvgIpc) is 3.34. The maximum atomic E-state index is 12.2. The molecule has 2 N–H and O–H groups in total. The Balaban J connectivity index is 1.84. The molecule has 116 valence electrons. The topological polar surface area (TPSA) is 52.3 Å². The molecule has 3 heteroatoms. The summed E-state index contributed by atoms with van der Waals surface area (Å²) in [5, 5.41) is 0. The number of unbranched alkanes of at least 4 members (excludes halogenated alkanes) is 1. The van der Waals surface area contributed by atoms with Crippen LogP contribution in [-0.4, -0.2) is 19.6 Å². The molecule has 0 aromatic heterocycles. The number of rotatable bonds is 9. The number of ether oxygens (including phenoxy) is 1. The lowest BCUT2D eigenvalue weighted by atomic mass is 9.77. The Labute approximate surface area is 127 Å². The first-order chi connectivity index (χ1) is 10.2. The molecule has 0 radical (unpaired) electrons. The van der Waals surface area contributed by atoms with Crippen molar-refractivity contribution in [1.29, 1.82) is 0 Å². The smallest absolute Gasteiger partial charge is 0.313 e. The van der Waals surface area contributed by atoms with Crippen LogP contribution in [0.5, 0.6) is 0 Å². The molecule has 1 unspecified atom stereocenters. The highest BCUT2D eigenvalue weighted by Crippen LogP contribution is 2.43. The van der Waals surface area contributed by atoms with E-state index in [-0.39, 0.29) is 5.97 Å². The van der Waals surface area contributed by atoms with E-state index in [0.29, 0.717) is 12.5 Å². The van der Waals surface area contributed by atoms with Crippen LogP contribution in [0.3, 0.4) is 0 Å². The largest absolute Gasteiger partial charge is 0.469 e. The summed E-state index contributed by atoms with van der Waals surface area (Å²) in [5.41, 5.74) is 6.86. The molecule has 1 aromatic rings. The van der Waals surface area contributed by atoms with E-state index >= 15 is 0 Å². The standard InChI is InChI=1S/C18H27NO2/c1-21-17(20)18(14-19,13-16-10-11-16)12-6-5-9-15-7-3-2-4-8-15/h2-4,7-8,16H,5-6,9-14,19H2,1H3.